The summed E-state index contributed by atoms with van der Waals surface area (Å²) in [5, 5.41) is -5.64. The van der Waals surface area contributed by atoms with Crippen LogP contribution < -0.4 is 0 Å². The lowest BCUT2D eigenvalue weighted by atomic mass is 9.74. The van der Waals surface area contributed by atoms with Gasteiger partial charge in [-0.25, -0.2) is 0 Å². The van der Waals surface area contributed by atoms with Gasteiger partial charge in [-0.3, -0.25) is 0 Å². The summed E-state index contributed by atoms with van der Waals surface area (Å²) in [5.41, 5.74) is 1.95. The normalized spacial score (nSPS) is 49.9. The average molecular weight is 1470 g/mol. The Morgan fingerprint density at radius 2 is 0.439 bits per heavy atom. The van der Waals surface area contributed by atoms with E-state index in [1.807, 2.05) is 0 Å². The van der Waals surface area contributed by atoms with Crippen molar-refractivity contribution in [3.8, 4) is 0 Å². The minimum absolute atomic E-state index is 0.0567. The van der Waals surface area contributed by atoms with E-state index in [1.165, 1.54) is 0 Å². The number of fused-ring (bicyclic) bond motifs is 8. The van der Waals surface area contributed by atoms with E-state index in [9.17, 15) is 0 Å². The van der Waals surface area contributed by atoms with Crippen LogP contribution in [0.25, 0.3) is 0 Å². The highest BCUT2D eigenvalue weighted by Gasteiger charge is 2.86. The van der Waals surface area contributed by atoms with Gasteiger partial charge in [0, 0.05) is 23.7 Å². The van der Waals surface area contributed by atoms with E-state index in [1.54, 1.807) is 12.1 Å². The van der Waals surface area contributed by atoms with E-state index in [0.717, 1.165) is 0 Å². The Bertz CT molecular complexity index is 2380. The number of alkyl halides is 20. The van der Waals surface area contributed by atoms with Crippen LogP contribution in [0, 0.1) is 23.7 Å². The molecular weight excluding hydrogens is 1450 g/mol. The van der Waals surface area contributed by atoms with Crippen LogP contribution in [0.1, 0.15) is 22.3 Å². The molecule has 8 bridgehead atoms. The Balaban J connectivity index is 1.30. The fraction of sp³-hybridized carbons (Fsp3) is 0.632. The molecule has 0 aromatic heterocycles. The van der Waals surface area contributed by atoms with Gasteiger partial charge in [0.1, 0.15) is 39.0 Å². The van der Waals surface area contributed by atoms with Crippen molar-refractivity contribution in [2.75, 3.05) is 0 Å². The zero-order valence-corrected chi connectivity index (χ0v) is 52.4. The summed E-state index contributed by atoms with van der Waals surface area (Å²) < 4.78 is -8.24. The van der Waals surface area contributed by atoms with Gasteiger partial charge >= 0.3 is 0 Å². The SMILES string of the molecule is ClC1=C(Cl)C2(Cl)C(Cc3ccc(CC4C(Cl)C5(Cl)C(Cl)=C(Cl)C4(Cl)C5(Cl)Cl)c(CC4C(Cl)C5(Cl)C(Cl)=C(Cl)C4(Cl)C5(Cl)Cl)c3CC3C(Cl)C4(Cl)C(Cl)=C(Cl)C3(Cl)C4(Cl)Cl)C(Cl)C1(Cl)C2(Cl)Cl. The Hall–Kier alpha value is 6.30. The van der Waals surface area contributed by atoms with Gasteiger partial charge in [-0.2, -0.15) is 0 Å². The maximum atomic E-state index is 7.50. The fourth-order valence-electron chi connectivity index (χ4n) is 11.7. The van der Waals surface area contributed by atoms with Crippen molar-refractivity contribution >= 4 is 325 Å². The summed E-state index contributed by atoms with van der Waals surface area (Å²) >= 11 is 198. The van der Waals surface area contributed by atoms with Crippen molar-refractivity contribution in [2.24, 2.45) is 23.7 Å². The van der Waals surface area contributed by atoms with Gasteiger partial charge in [0.05, 0.1) is 61.8 Å². The van der Waals surface area contributed by atoms with Gasteiger partial charge in [-0.15, -0.1) is 139 Å². The van der Waals surface area contributed by atoms with E-state index in [4.69, 9.17) is 325 Å². The third-order valence-electron chi connectivity index (χ3n) is 15.3. The molecule has 0 nitrogen and oxygen atoms in total. The van der Waals surface area contributed by atoms with Gasteiger partial charge in [-0.1, -0.05) is 198 Å². The molecule has 0 aliphatic heterocycles. The highest BCUT2D eigenvalue weighted by molar-refractivity contribution is 6.71. The molecule has 0 heterocycles. The van der Waals surface area contributed by atoms with E-state index >= 15 is 0 Å². The Kier molecular flexibility index (Phi) is 14.6. The second-order valence-electron chi connectivity index (χ2n) is 17.7. The van der Waals surface area contributed by atoms with Crippen LogP contribution in [0.4, 0.5) is 0 Å². The topological polar surface area (TPSA) is 0 Å². The number of benzene rings is 1. The van der Waals surface area contributed by atoms with Crippen molar-refractivity contribution in [3.05, 3.63) is 74.6 Å². The third-order valence-corrected chi connectivity index (χ3v) is 35.5. The quantitative estimate of drug-likeness (QED) is 0.228. The first-order valence-electron chi connectivity index (χ1n) is 18.8. The first-order chi connectivity index (χ1) is 29.8. The van der Waals surface area contributed by atoms with E-state index in [-0.39, 0.29) is 65.9 Å². The van der Waals surface area contributed by atoms with Crippen LogP contribution in [0.3, 0.4) is 0 Å². The van der Waals surface area contributed by atoms with E-state index < -0.39 is 102 Å². The maximum Gasteiger partial charge on any atom is 0.168 e. The third kappa shape index (κ3) is 5.90. The molecule has 4 fully saturated rings. The first kappa shape index (κ1) is 57.0. The predicted octanol–water partition coefficient (Wildman–Crippen LogP) is 20.1. The van der Waals surface area contributed by atoms with Crippen molar-refractivity contribution in [1.82, 2.24) is 0 Å². The Morgan fingerprint density at radius 1 is 0.273 bits per heavy atom. The van der Waals surface area contributed by atoms with E-state index in [0.29, 0.717) is 22.3 Å². The minimum atomic E-state index is -2.08. The van der Waals surface area contributed by atoms with Crippen LogP contribution >= 0.6 is 325 Å². The van der Waals surface area contributed by atoms with Gasteiger partial charge < -0.3 is 0 Å². The van der Waals surface area contributed by atoms with Gasteiger partial charge in [0.2, 0.25) is 0 Å². The largest absolute Gasteiger partial charge is 0.168 e. The second-order valence-corrected chi connectivity index (χ2v) is 32.7. The molecule has 4 saturated carbocycles. The molecular formula is C38H18Cl28. The Labute approximate surface area is 519 Å². The number of hydrogen-bond acceptors (Lipinski definition) is 0. The fourth-order valence-corrected chi connectivity index (χ4v) is 26.5. The standard InChI is InChI=1S/C38H18Cl28/c39-15-11(27(51)19(43)23(47)31(15,55)35(27,59)60)3-7-1-2-8(4-12-16(40)32(56)24(48)20(44)28(12,52)36(32,61)62)10(6-14-18(42)34(58)26(50)22(46)30(14,54)38(34,65)66)9(7)5-13-17(41)33(57)25(49)21(45)29(13,53)37(33,63)64/h1-2,11-18H,3-6H2. The molecule has 16 unspecified atom stereocenters. The van der Waals surface area contributed by atoms with E-state index in [2.05, 4.69) is 0 Å². The molecule has 0 radical (unpaired) electrons. The predicted molar refractivity (Wildman–Crippen MR) is 295 cm³/mol. The van der Waals surface area contributed by atoms with Crippen molar-refractivity contribution in [3.63, 3.8) is 0 Å². The molecule has 0 N–H and O–H groups in total. The van der Waals surface area contributed by atoms with Crippen molar-refractivity contribution in [1.29, 1.82) is 0 Å². The highest BCUT2D eigenvalue weighted by atomic mass is 35.6. The van der Waals surface area contributed by atoms with Crippen molar-refractivity contribution < 1.29 is 0 Å². The smallest absolute Gasteiger partial charge is 0.120 e. The number of halogens is 28. The molecule has 8 aliphatic rings. The molecule has 0 spiro atoms. The monoisotopic (exact) mass is 1450 g/mol. The molecule has 16 atom stereocenters. The molecule has 0 amide bonds. The average Bonchev–Trinajstić information content (AvgIpc) is 3.72. The lowest BCUT2D eigenvalue weighted by Gasteiger charge is -2.39. The summed E-state index contributed by atoms with van der Waals surface area (Å²) in [6.07, 6.45) is -0.382. The summed E-state index contributed by atoms with van der Waals surface area (Å²) in [4.78, 5) is -15.0. The lowest BCUT2D eigenvalue weighted by molar-refractivity contribution is 0.434. The summed E-state index contributed by atoms with van der Waals surface area (Å²) in [5.74, 6) is -3.94. The van der Waals surface area contributed by atoms with Crippen LogP contribution in [-0.4, -0.2) is 77.8 Å². The van der Waals surface area contributed by atoms with Crippen LogP contribution in [0.15, 0.2) is 52.4 Å². The molecule has 66 heavy (non-hydrogen) atoms. The molecule has 1 aromatic rings. The summed E-state index contributed by atoms with van der Waals surface area (Å²) in [7, 11) is 0. The number of allylic oxidation sites excluding steroid dienone is 8. The molecule has 0 saturated heterocycles. The van der Waals surface area contributed by atoms with Gasteiger partial charge in [0.25, 0.3) is 0 Å². The Morgan fingerprint density at radius 3 is 0.621 bits per heavy atom. The lowest BCUT2D eigenvalue weighted by Crippen LogP contribution is -2.45. The highest BCUT2D eigenvalue weighted by Crippen LogP contribution is 2.80. The second kappa shape index (κ2) is 16.9. The van der Waals surface area contributed by atoms with Crippen molar-refractivity contribution in [2.45, 2.75) is 104 Å². The maximum absolute atomic E-state index is 7.50. The summed E-state index contributed by atoms with van der Waals surface area (Å²) in [6, 6.07) is 3.54. The van der Waals surface area contributed by atoms with Crippen LogP contribution in [0.2, 0.25) is 0 Å². The molecule has 366 valence electrons. The molecule has 1 aromatic carbocycles. The summed E-state index contributed by atoms with van der Waals surface area (Å²) in [6.45, 7) is 0. The van der Waals surface area contributed by atoms with Crippen LogP contribution in [-0.2, 0) is 25.7 Å². The number of hydrogen-bond donors (Lipinski definition) is 0. The number of rotatable bonds is 8. The first-order valence-corrected chi connectivity index (χ1v) is 29.6. The van der Waals surface area contributed by atoms with Gasteiger partial charge in [0.15, 0.2) is 17.3 Å². The molecule has 9 rings (SSSR count). The zero-order valence-electron chi connectivity index (χ0n) is 31.2. The van der Waals surface area contributed by atoms with Crippen LogP contribution in [0.5, 0.6) is 0 Å². The minimum Gasteiger partial charge on any atom is -0.120 e. The van der Waals surface area contributed by atoms with Gasteiger partial charge in [-0.05, 0) is 47.9 Å². The molecule has 8 aliphatic carbocycles. The molecule has 28 heteroatoms. The zero-order chi connectivity index (χ0) is 49.8.